The van der Waals surface area contributed by atoms with E-state index < -0.39 is 0 Å². The minimum absolute atomic E-state index is 0.133. The highest BCUT2D eigenvalue weighted by molar-refractivity contribution is 9.10. The molecule has 54 valence electrons. The van der Waals surface area contributed by atoms with Crippen molar-refractivity contribution in [1.29, 1.82) is 0 Å². The van der Waals surface area contributed by atoms with Crippen LogP contribution in [0.25, 0.3) is 0 Å². The van der Waals surface area contributed by atoms with Gasteiger partial charge >= 0.3 is 0 Å². The minimum atomic E-state index is -0.133. The molecular formula is C7H7BrO2. The molecule has 0 bridgehead atoms. The molecule has 1 atom stereocenters. The lowest BCUT2D eigenvalue weighted by atomic mass is 10.1. The second kappa shape index (κ2) is 1.86. The Morgan fingerprint density at radius 2 is 2.40 bits per heavy atom. The molecule has 1 aliphatic heterocycles. The highest BCUT2D eigenvalue weighted by Crippen LogP contribution is 2.39. The Kier molecular flexibility index (Phi) is 1.20. The van der Waals surface area contributed by atoms with Crippen molar-refractivity contribution < 1.29 is 9.15 Å². The Bertz CT molecular complexity index is 250. The SMILES string of the molecule is CC1(c2cc(Br)co2)CO1. The van der Waals surface area contributed by atoms with Crippen LogP contribution in [0.3, 0.4) is 0 Å². The average Bonchev–Trinajstić information content (AvgIpc) is 2.45. The van der Waals surface area contributed by atoms with Crippen molar-refractivity contribution in [3.05, 3.63) is 22.6 Å². The summed E-state index contributed by atoms with van der Waals surface area (Å²) in [5.74, 6) is 0.902. The molecule has 0 spiro atoms. The van der Waals surface area contributed by atoms with Crippen LogP contribution in [-0.4, -0.2) is 6.61 Å². The average molecular weight is 203 g/mol. The van der Waals surface area contributed by atoms with Gasteiger partial charge in [0.15, 0.2) is 0 Å². The summed E-state index contributed by atoms with van der Waals surface area (Å²) in [6.07, 6.45) is 1.67. The molecular weight excluding hydrogens is 196 g/mol. The molecule has 10 heavy (non-hydrogen) atoms. The fourth-order valence-corrected chi connectivity index (χ4v) is 1.14. The van der Waals surface area contributed by atoms with E-state index >= 15 is 0 Å². The molecule has 0 saturated carbocycles. The van der Waals surface area contributed by atoms with Gasteiger partial charge in [-0.1, -0.05) is 0 Å². The van der Waals surface area contributed by atoms with Gasteiger partial charge in [-0.05, 0) is 28.9 Å². The van der Waals surface area contributed by atoms with E-state index in [1.54, 1.807) is 6.26 Å². The molecule has 1 aromatic heterocycles. The molecule has 1 aromatic rings. The zero-order valence-electron chi connectivity index (χ0n) is 5.56. The summed E-state index contributed by atoms with van der Waals surface area (Å²) in [6, 6.07) is 1.94. The fourth-order valence-electron chi connectivity index (χ4n) is 0.841. The van der Waals surface area contributed by atoms with Gasteiger partial charge in [-0.2, -0.15) is 0 Å². The molecule has 0 amide bonds. The van der Waals surface area contributed by atoms with Gasteiger partial charge in [0.05, 0.1) is 11.1 Å². The van der Waals surface area contributed by atoms with Gasteiger partial charge in [-0.25, -0.2) is 0 Å². The van der Waals surface area contributed by atoms with Crippen LogP contribution in [0.5, 0.6) is 0 Å². The van der Waals surface area contributed by atoms with Gasteiger partial charge in [0, 0.05) is 0 Å². The number of furan rings is 1. The smallest absolute Gasteiger partial charge is 0.146 e. The number of ether oxygens (including phenoxy) is 1. The maximum Gasteiger partial charge on any atom is 0.146 e. The number of hydrogen-bond donors (Lipinski definition) is 0. The Morgan fingerprint density at radius 1 is 1.70 bits per heavy atom. The van der Waals surface area contributed by atoms with E-state index in [2.05, 4.69) is 15.9 Å². The number of halogens is 1. The van der Waals surface area contributed by atoms with Crippen molar-refractivity contribution >= 4 is 15.9 Å². The molecule has 0 aliphatic carbocycles. The van der Waals surface area contributed by atoms with Crippen molar-refractivity contribution in [2.45, 2.75) is 12.5 Å². The van der Waals surface area contributed by atoms with Gasteiger partial charge in [-0.3, -0.25) is 0 Å². The summed E-state index contributed by atoms with van der Waals surface area (Å²) in [5, 5.41) is 0. The van der Waals surface area contributed by atoms with Crippen LogP contribution in [0.4, 0.5) is 0 Å². The first-order chi connectivity index (χ1) is 4.71. The van der Waals surface area contributed by atoms with Crippen molar-refractivity contribution in [2.75, 3.05) is 6.61 Å². The summed E-state index contributed by atoms with van der Waals surface area (Å²) in [6.45, 7) is 2.78. The highest BCUT2D eigenvalue weighted by Gasteiger charge is 2.44. The zero-order valence-corrected chi connectivity index (χ0v) is 7.14. The van der Waals surface area contributed by atoms with E-state index in [0.717, 1.165) is 16.8 Å². The van der Waals surface area contributed by atoms with Crippen LogP contribution in [0.2, 0.25) is 0 Å². The fraction of sp³-hybridized carbons (Fsp3) is 0.429. The normalized spacial score (nSPS) is 30.6. The number of hydrogen-bond acceptors (Lipinski definition) is 2. The first-order valence-corrected chi connectivity index (χ1v) is 3.88. The predicted molar refractivity (Wildman–Crippen MR) is 39.7 cm³/mol. The third-order valence-electron chi connectivity index (χ3n) is 1.67. The Labute approximate surface area is 67.3 Å². The van der Waals surface area contributed by atoms with Crippen LogP contribution in [0, 0.1) is 0 Å². The molecule has 2 heterocycles. The predicted octanol–water partition coefficient (Wildman–Crippen LogP) is 2.29. The monoisotopic (exact) mass is 202 g/mol. The molecule has 1 fully saturated rings. The maximum absolute atomic E-state index is 5.22. The third kappa shape index (κ3) is 0.896. The lowest BCUT2D eigenvalue weighted by molar-refractivity contribution is 0.285. The standard InChI is InChI=1S/C7H7BrO2/c1-7(4-10-7)6-2-5(8)3-9-6/h2-3H,4H2,1H3. The second-order valence-corrected chi connectivity index (χ2v) is 3.56. The largest absolute Gasteiger partial charge is 0.465 e. The van der Waals surface area contributed by atoms with Gasteiger partial charge in [0.2, 0.25) is 0 Å². The molecule has 2 rings (SSSR count). The topological polar surface area (TPSA) is 25.7 Å². The van der Waals surface area contributed by atoms with E-state index in [0.29, 0.717) is 0 Å². The quantitative estimate of drug-likeness (QED) is 0.654. The molecule has 0 aromatic carbocycles. The Hall–Kier alpha value is -0.280. The Balaban J connectivity index is 2.34. The molecule has 1 unspecified atom stereocenters. The van der Waals surface area contributed by atoms with E-state index in [1.165, 1.54) is 0 Å². The van der Waals surface area contributed by atoms with Crippen LogP contribution in [0.15, 0.2) is 21.2 Å². The number of epoxide rings is 1. The lowest BCUT2D eigenvalue weighted by Gasteiger charge is -1.96. The van der Waals surface area contributed by atoms with Crippen LogP contribution in [-0.2, 0) is 10.3 Å². The van der Waals surface area contributed by atoms with Crippen molar-refractivity contribution in [2.24, 2.45) is 0 Å². The lowest BCUT2D eigenvalue weighted by Crippen LogP contribution is -1.98. The second-order valence-electron chi connectivity index (χ2n) is 2.65. The molecule has 1 aliphatic rings. The summed E-state index contributed by atoms with van der Waals surface area (Å²) in [4.78, 5) is 0. The molecule has 2 nitrogen and oxygen atoms in total. The third-order valence-corrected chi connectivity index (χ3v) is 2.08. The zero-order chi connectivity index (χ0) is 7.19. The van der Waals surface area contributed by atoms with Crippen LogP contribution in [0.1, 0.15) is 12.7 Å². The number of rotatable bonds is 1. The molecule has 0 N–H and O–H groups in total. The van der Waals surface area contributed by atoms with Gasteiger partial charge in [0.25, 0.3) is 0 Å². The Morgan fingerprint density at radius 3 is 2.80 bits per heavy atom. The van der Waals surface area contributed by atoms with Gasteiger partial charge in [-0.15, -0.1) is 0 Å². The van der Waals surface area contributed by atoms with E-state index in [1.807, 2.05) is 13.0 Å². The molecule has 1 saturated heterocycles. The molecule has 3 heteroatoms. The van der Waals surface area contributed by atoms with Gasteiger partial charge in [0.1, 0.15) is 17.6 Å². The van der Waals surface area contributed by atoms with Gasteiger partial charge < -0.3 is 9.15 Å². The minimum Gasteiger partial charge on any atom is -0.465 e. The molecule has 0 radical (unpaired) electrons. The summed E-state index contributed by atoms with van der Waals surface area (Å²) in [7, 11) is 0. The first kappa shape index (κ1) is 6.43. The summed E-state index contributed by atoms with van der Waals surface area (Å²) < 4.78 is 11.4. The van der Waals surface area contributed by atoms with E-state index in [-0.39, 0.29) is 5.60 Å². The van der Waals surface area contributed by atoms with Crippen molar-refractivity contribution in [3.8, 4) is 0 Å². The van der Waals surface area contributed by atoms with Crippen LogP contribution >= 0.6 is 15.9 Å². The van der Waals surface area contributed by atoms with E-state index in [4.69, 9.17) is 9.15 Å². The summed E-state index contributed by atoms with van der Waals surface area (Å²) >= 11 is 3.30. The van der Waals surface area contributed by atoms with Crippen molar-refractivity contribution in [3.63, 3.8) is 0 Å². The van der Waals surface area contributed by atoms with Crippen LogP contribution < -0.4 is 0 Å². The summed E-state index contributed by atoms with van der Waals surface area (Å²) in [5.41, 5.74) is -0.133. The van der Waals surface area contributed by atoms with E-state index in [9.17, 15) is 0 Å². The highest BCUT2D eigenvalue weighted by atomic mass is 79.9. The maximum atomic E-state index is 5.22. The first-order valence-electron chi connectivity index (χ1n) is 3.09. The van der Waals surface area contributed by atoms with Crippen molar-refractivity contribution in [1.82, 2.24) is 0 Å².